The third-order valence-electron chi connectivity index (χ3n) is 6.50. The van der Waals surface area contributed by atoms with Crippen LogP contribution in [0.5, 0.6) is 11.5 Å². The molecule has 12 nitrogen and oxygen atoms in total. The van der Waals surface area contributed by atoms with E-state index in [4.69, 9.17) is 4.74 Å². The van der Waals surface area contributed by atoms with Gasteiger partial charge in [-0.05, 0) is 62.7 Å². The van der Waals surface area contributed by atoms with E-state index in [9.17, 15) is 23.9 Å². The Bertz CT molecular complexity index is 1930. The molecule has 222 valence electrons. The van der Waals surface area contributed by atoms with Gasteiger partial charge >= 0.3 is 5.69 Å². The molecule has 1 atom stereocenters. The van der Waals surface area contributed by atoms with Gasteiger partial charge < -0.3 is 15.2 Å². The van der Waals surface area contributed by atoms with Crippen LogP contribution in [0.4, 0.5) is 14.6 Å². The van der Waals surface area contributed by atoms with Gasteiger partial charge in [0.1, 0.15) is 17.0 Å². The maximum Gasteiger partial charge on any atom is 0.352 e. The van der Waals surface area contributed by atoms with Crippen molar-refractivity contribution < 1.29 is 23.4 Å². The average Bonchev–Trinajstić information content (AvgIpc) is 3.38. The maximum absolute atomic E-state index is 15.2. The van der Waals surface area contributed by atoms with Crippen LogP contribution >= 0.6 is 0 Å². The third-order valence-corrected chi connectivity index (χ3v) is 6.50. The minimum Gasteiger partial charge on any atom is -0.453 e. The summed E-state index contributed by atoms with van der Waals surface area (Å²) in [4.78, 5) is 43.7. The monoisotopic (exact) mass is 591 g/mol. The Kier molecular flexibility index (Phi) is 8.12. The molecular formula is C29H27F2N7O5. The van der Waals surface area contributed by atoms with Gasteiger partial charge in [0.05, 0.1) is 18.3 Å². The first-order chi connectivity index (χ1) is 20.6. The number of H-pyrrole nitrogens is 1. The molecule has 0 bridgehead atoms. The minimum absolute atomic E-state index is 0.0711. The smallest absolute Gasteiger partial charge is 0.352 e. The second-order valence-electron chi connectivity index (χ2n) is 10.1. The summed E-state index contributed by atoms with van der Waals surface area (Å²) in [5.41, 5.74) is -1.59. The quantitative estimate of drug-likeness (QED) is 0.207. The molecule has 5 aromatic rings. The zero-order valence-corrected chi connectivity index (χ0v) is 23.3. The zero-order chi connectivity index (χ0) is 30.8. The summed E-state index contributed by atoms with van der Waals surface area (Å²) < 4.78 is 36.3. The number of aliphatic hydroxyl groups excluding tert-OH is 1. The first-order valence-corrected chi connectivity index (χ1v) is 13.3. The second kappa shape index (κ2) is 11.9. The molecule has 2 aromatic carbocycles. The molecule has 43 heavy (non-hydrogen) atoms. The predicted octanol–water partition coefficient (Wildman–Crippen LogP) is 3.54. The molecule has 0 unspecified atom stereocenters. The van der Waals surface area contributed by atoms with E-state index in [1.54, 1.807) is 20.8 Å². The number of nitrogens with zero attached hydrogens (tertiary/aromatic N) is 5. The Morgan fingerprint density at radius 2 is 1.81 bits per heavy atom. The molecule has 0 saturated carbocycles. The lowest BCUT2D eigenvalue weighted by molar-refractivity contribution is 0.0982. The number of fused-ring (bicyclic) bond motifs is 1. The highest BCUT2D eigenvalue weighted by Gasteiger charge is 2.23. The van der Waals surface area contributed by atoms with E-state index >= 15 is 4.39 Å². The number of anilines is 1. The highest BCUT2D eigenvalue weighted by atomic mass is 19.1. The number of hydrogen-bond donors (Lipinski definition) is 3. The minimum atomic E-state index is -0.972. The number of rotatable bonds is 10. The van der Waals surface area contributed by atoms with Crippen molar-refractivity contribution in [1.82, 2.24) is 29.5 Å². The summed E-state index contributed by atoms with van der Waals surface area (Å²) in [6.45, 7) is 4.92. The van der Waals surface area contributed by atoms with Crippen LogP contribution in [0.25, 0.3) is 16.7 Å². The van der Waals surface area contributed by atoms with E-state index in [1.165, 1.54) is 36.5 Å². The van der Waals surface area contributed by atoms with Gasteiger partial charge in [-0.25, -0.2) is 27.8 Å². The van der Waals surface area contributed by atoms with Crippen molar-refractivity contribution in [2.24, 2.45) is 0 Å². The summed E-state index contributed by atoms with van der Waals surface area (Å²) in [6.07, 6.45) is 1.07. The Balaban J connectivity index is 1.44. The van der Waals surface area contributed by atoms with Crippen LogP contribution < -0.4 is 21.3 Å². The fourth-order valence-electron chi connectivity index (χ4n) is 4.33. The van der Waals surface area contributed by atoms with Gasteiger partial charge in [0.15, 0.2) is 34.5 Å². The Morgan fingerprint density at radius 3 is 2.49 bits per heavy atom. The van der Waals surface area contributed by atoms with Crippen molar-refractivity contribution >= 4 is 22.6 Å². The van der Waals surface area contributed by atoms with E-state index < -0.39 is 46.8 Å². The van der Waals surface area contributed by atoms with E-state index in [1.807, 2.05) is 0 Å². The van der Waals surface area contributed by atoms with E-state index in [2.05, 4.69) is 25.6 Å². The molecule has 3 aromatic heterocycles. The normalized spacial score (nSPS) is 12.1. The summed E-state index contributed by atoms with van der Waals surface area (Å²) in [6, 6.07) is 9.30. The van der Waals surface area contributed by atoms with Crippen molar-refractivity contribution in [3.05, 3.63) is 98.5 Å². The van der Waals surface area contributed by atoms with E-state index in [0.717, 1.165) is 27.4 Å². The molecule has 0 radical (unpaired) electrons. The van der Waals surface area contributed by atoms with Crippen LogP contribution in [0.15, 0.2) is 64.3 Å². The molecular weight excluding hydrogens is 564 g/mol. The van der Waals surface area contributed by atoms with Gasteiger partial charge in [0.2, 0.25) is 0 Å². The molecule has 3 heterocycles. The number of aromatic amines is 1. The number of benzene rings is 2. The Hall–Kier alpha value is -5.24. The molecule has 0 aliphatic heterocycles. The fourth-order valence-corrected chi connectivity index (χ4v) is 4.33. The number of ketones is 1. The number of Topliss-reactive ketones (excluding diaryl/α,β-unsaturated/α-hetero) is 1. The molecule has 0 saturated heterocycles. The van der Waals surface area contributed by atoms with Gasteiger partial charge in [0, 0.05) is 24.7 Å². The van der Waals surface area contributed by atoms with Crippen LogP contribution in [-0.4, -0.2) is 53.1 Å². The van der Waals surface area contributed by atoms with Gasteiger partial charge in [-0.1, -0.05) is 6.07 Å². The Labute approximate surface area is 242 Å². The van der Waals surface area contributed by atoms with Gasteiger partial charge in [-0.3, -0.25) is 14.7 Å². The molecule has 5 rings (SSSR count). The number of carbonyl (C=O) groups excluding carboxylic acids is 1. The molecule has 0 amide bonds. The van der Waals surface area contributed by atoms with Crippen molar-refractivity contribution in [2.45, 2.75) is 39.3 Å². The van der Waals surface area contributed by atoms with E-state index in [-0.39, 0.29) is 35.4 Å². The molecule has 3 N–H and O–H groups in total. The SMILES string of the molecule is CC(C)n1nc(C(=O)Cc2ccc(Oc3ccnc4[nH]nc(N[C@H](C)CO)c34)c(F)c2)c(=O)n(-c2ccc(F)cc2)c1=O. The lowest BCUT2D eigenvalue weighted by atomic mass is 10.1. The van der Waals surface area contributed by atoms with E-state index in [0.29, 0.717) is 16.9 Å². The lowest BCUT2D eigenvalue weighted by Gasteiger charge is -2.14. The topological polar surface area (TPSA) is 157 Å². The number of aromatic nitrogens is 6. The predicted molar refractivity (Wildman–Crippen MR) is 153 cm³/mol. The Morgan fingerprint density at radius 1 is 1.07 bits per heavy atom. The number of nitrogens with one attached hydrogen (secondary N) is 2. The second-order valence-corrected chi connectivity index (χ2v) is 10.1. The first kappa shape index (κ1) is 29.3. The number of ether oxygens (including phenoxy) is 1. The van der Waals surface area contributed by atoms with Crippen LogP contribution in [0.1, 0.15) is 42.9 Å². The molecule has 14 heteroatoms. The van der Waals surface area contributed by atoms with Crippen molar-refractivity contribution in [3.63, 3.8) is 0 Å². The largest absolute Gasteiger partial charge is 0.453 e. The summed E-state index contributed by atoms with van der Waals surface area (Å²) in [5.74, 6) is -1.62. The van der Waals surface area contributed by atoms with Crippen molar-refractivity contribution in [1.29, 1.82) is 0 Å². The number of carbonyl (C=O) groups is 1. The number of pyridine rings is 1. The van der Waals surface area contributed by atoms with Crippen molar-refractivity contribution in [2.75, 3.05) is 11.9 Å². The fraction of sp³-hybridized carbons (Fsp3) is 0.241. The summed E-state index contributed by atoms with van der Waals surface area (Å²) in [5, 5.41) is 23.8. The third kappa shape index (κ3) is 5.90. The van der Waals surface area contributed by atoms with Crippen LogP contribution in [0.2, 0.25) is 0 Å². The lowest BCUT2D eigenvalue weighted by Crippen LogP contribution is -2.44. The maximum atomic E-state index is 15.2. The number of aliphatic hydroxyl groups is 1. The molecule has 0 aliphatic carbocycles. The standard InChI is InChI=1S/C29H27F2N7O5/c1-15(2)38-29(42)37(19-7-5-18(30)6-8-19)28(41)25(36-38)21(40)13-17-4-9-22(20(31)12-17)43-23-10-11-32-26-24(23)27(35-34-26)33-16(3)14-39/h4-12,15-16,39H,13-14H2,1-3H3,(H2,32,33,34,35)/t16-/m1/s1. The number of halogens is 2. The average molecular weight is 592 g/mol. The highest BCUT2D eigenvalue weighted by molar-refractivity contribution is 5.95. The van der Waals surface area contributed by atoms with Gasteiger partial charge in [0.25, 0.3) is 5.56 Å². The van der Waals surface area contributed by atoms with Crippen LogP contribution in [0, 0.1) is 11.6 Å². The molecule has 0 aliphatic rings. The highest BCUT2D eigenvalue weighted by Crippen LogP contribution is 2.34. The van der Waals surface area contributed by atoms with Crippen molar-refractivity contribution in [3.8, 4) is 17.2 Å². The molecule has 0 spiro atoms. The van der Waals surface area contributed by atoms with Gasteiger partial charge in [-0.2, -0.15) is 10.2 Å². The first-order valence-electron chi connectivity index (χ1n) is 13.3. The van der Waals surface area contributed by atoms with Crippen LogP contribution in [0.3, 0.4) is 0 Å². The zero-order valence-electron chi connectivity index (χ0n) is 23.3. The van der Waals surface area contributed by atoms with Crippen LogP contribution in [-0.2, 0) is 6.42 Å². The number of hydrogen-bond acceptors (Lipinski definition) is 9. The van der Waals surface area contributed by atoms with Gasteiger partial charge in [-0.15, -0.1) is 0 Å². The molecule has 0 fully saturated rings. The summed E-state index contributed by atoms with van der Waals surface area (Å²) >= 11 is 0. The summed E-state index contributed by atoms with van der Waals surface area (Å²) in [7, 11) is 0.